The third-order valence-corrected chi connectivity index (χ3v) is 8.28. The van der Waals surface area contributed by atoms with E-state index in [1.807, 2.05) is 25.1 Å². The first-order valence-electron chi connectivity index (χ1n) is 14.6. The highest BCUT2D eigenvalue weighted by atomic mass is 16.1. The average Bonchev–Trinajstić information content (AvgIpc) is 3.68. The number of nitrogens with one attached hydrogen (secondary N) is 1. The summed E-state index contributed by atoms with van der Waals surface area (Å²) in [6.45, 7) is 13.6. The van der Waals surface area contributed by atoms with E-state index in [1.54, 1.807) is 0 Å². The first-order chi connectivity index (χ1) is 19.2. The summed E-state index contributed by atoms with van der Waals surface area (Å²) < 4.78 is 2.21. The molecule has 1 heterocycles. The van der Waals surface area contributed by atoms with Gasteiger partial charge in [-0.05, 0) is 97.6 Å². The number of carbonyl (C=O) groups is 1. The molecule has 1 N–H and O–H groups in total. The van der Waals surface area contributed by atoms with Crippen molar-refractivity contribution in [2.75, 3.05) is 0 Å². The summed E-state index contributed by atoms with van der Waals surface area (Å²) in [7, 11) is 0. The van der Waals surface area contributed by atoms with Gasteiger partial charge in [0.25, 0.3) is 5.91 Å². The van der Waals surface area contributed by atoms with Crippen molar-refractivity contribution in [3.8, 4) is 0 Å². The summed E-state index contributed by atoms with van der Waals surface area (Å²) in [4.78, 5) is 18.3. The number of hydrogen-bond acceptors (Lipinski definition) is 2. The lowest BCUT2D eigenvalue weighted by Crippen LogP contribution is -2.34. The number of allylic oxidation sites excluding steroid dienone is 4. The zero-order valence-corrected chi connectivity index (χ0v) is 24.7. The number of aromatic nitrogens is 2. The molecule has 1 aliphatic carbocycles. The van der Waals surface area contributed by atoms with Crippen molar-refractivity contribution in [2.45, 2.75) is 78.8 Å². The van der Waals surface area contributed by atoms with Gasteiger partial charge in [-0.1, -0.05) is 81.5 Å². The van der Waals surface area contributed by atoms with Gasteiger partial charge < -0.3 is 9.88 Å². The molecule has 0 spiro atoms. The van der Waals surface area contributed by atoms with Crippen LogP contribution in [-0.2, 0) is 12.1 Å². The molecule has 0 aliphatic heterocycles. The van der Waals surface area contributed by atoms with Crippen LogP contribution in [0.15, 0.2) is 84.5 Å². The van der Waals surface area contributed by atoms with Gasteiger partial charge in [-0.25, -0.2) is 4.98 Å². The Morgan fingerprint density at radius 1 is 1.05 bits per heavy atom. The van der Waals surface area contributed by atoms with E-state index >= 15 is 0 Å². The summed E-state index contributed by atoms with van der Waals surface area (Å²) in [5.41, 5.74) is 9.85. The Labute approximate surface area is 238 Å². The quantitative estimate of drug-likeness (QED) is 0.220. The van der Waals surface area contributed by atoms with Crippen LogP contribution < -0.4 is 5.32 Å². The third kappa shape index (κ3) is 5.54. The fourth-order valence-electron chi connectivity index (χ4n) is 5.52. The molecular formula is C36H41N3O. The molecule has 40 heavy (non-hydrogen) atoms. The number of rotatable bonds is 9. The van der Waals surface area contributed by atoms with Crippen LogP contribution in [0, 0.1) is 6.92 Å². The molecule has 4 nitrogen and oxygen atoms in total. The molecule has 3 aromatic carbocycles. The summed E-state index contributed by atoms with van der Waals surface area (Å²) in [5.74, 6) is 1.37. The molecule has 1 fully saturated rings. The van der Waals surface area contributed by atoms with Crippen LogP contribution in [-0.4, -0.2) is 15.5 Å². The number of benzene rings is 3. The van der Waals surface area contributed by atoms with Crippen LogP contribution >= 0.6 is 0 Å². The standard InChI is InChI=1S/C36H41N3O/c1-7-10-32(25(5)8-2)28-15-13-27(14-16-28)23-39-26(6)37-33-18-17-30(22-34(33)39)35(40)38-36(19-20-36)31-12-9-11-29(21-31)24(3)4/h8-18,21-22,24H,7,19-20,23H2,1-6H3,(H,38,40)/b25-8-,32-10+. The number of aryl methyl sites for hydroxylation is 1. The third-order valence-electron chi connectivity index (χ3n) is 8.28. The minimum absolute atomic E-state index is 0.0290. The van der Waals surface area contributed by atoms with Crippen LogP contribution in [0.25, 0.3) is 16.6 Å². The molecule has 0 saturated heterocycles. The molecule has 1 amide bonds. The van der Waals surface area contributed by atoms with Crippen LogP contribution in [0.4, 0.5) is 0 Å². The first kappa shape index (κ1) is 27.6. The van der Waals surface area contributed by atoms with Crippen LogP contribution in [0.3, 0.4) is 0 Å². The van der Waals surface area contributed by atoms with Gasteiger partial charge in [0.1, 0.15) is 5.82 Å². The lowest BCUT2D eigenvalue weighted by molar-refractivity contribution is 0.0931. The van der Waals surface area contributed by atoms with Crippen LogP contribution in [0.5, 0.6) is 0 Å². The second kappa shape index (κ2) is 11.3. The van der Waals surface area contributed by atoms with Crippen molar-refractivity contribution in [1.82, 2.24) is 14.9 Å². The maximum absolute atomic E-state index is 13.5. The van der Waals surface area contributed by atoms with Gasteiger partial charge in [0.2, 0.25) is 0 Å². The maximum atomic E-state index is 13.5. The Balaban J connectivity index is 1.38. The van der Waals surface area contributed by atoms with Crippen molar-refractivity contribution in [1.29, 1.82) is 0 Å². The normalized spacial score (nSPS) is 15.1. The number of hydrogen-bond donors (Lipinski definition) is 1. The lowest BCUT2D eigenvalue weighted by atomic mass is 9.96. The van der Waals surface area contributed by atoms with Gasteiger partial charge in [-0.2, -0.15) is 0 Å². The van der Waals surface area contributed by atoms with Gasteiger partial charge in [-0.3, -0.25) is 4.79 Å². The Bertz CT molecular complexity index is 1600. The number of amides is 1. The topological polar surface area (TPSA) is 46.9 Å². The Hall–Kier alpha value is -3.92. The highest BCUT2D eigenvalue weighted by Gasteiger charge is 2.45. The predicted molar refractivity (Wildman–Crippen MR) is 167 cm³/mol. The molecule has 1 aromatic heterocycles. The Kier molecular flexibility index (Phi) is 7.80. The molecule has 0 unspecified atom stereocenters. The van der Waals surface area contributed by atoms with E-state index in [2.05, 4.69) is 105 Å². The molecule has 0 radical (unpaired) electrons. The molecular weight excluding hydrogens is 490 g/mol. The molecule has 206 valence electrons. The van der Waals surface area contributed by atoms with Crippen molar-refractivity contribution in [2.24, 2.45) is 0 Å². The molecule has 1 aliphatic rings. The van der Waals surface area contributed by atoms with Crippen molar-refractivity contribution >= 4 is 22.5 Å². The van der Waals surface area contributed by atoms with E-state index in [0.29, 0.717) is 18.0 Å². The Morgan fingerprint density at radius 2 is 1.77 bits per heavy atom. The minimum atomic E-state index is -0.259. The van der Waals surface area contributed by atoms with E-state index in [9.17, 15) is 4.79 Å². The van der Waals surface area contributed by atoms with E-state index in [0.717, 1.165) is 36.1 Å². The lowest BCUT2D eigenvalue weighted by Gasteiger charge is -2.20. The number of imidazole rings is 1. The monoisotopic (exact) mass is 531 g/mol. The van der Waals surface area contributed by atoms with Crippen molar-refractivity contribution in [3.63, 3.8) is 0 Å². The van der Waals surface area contributed by atoms with Gasteiger partial charge in [0.05, 0.1) is 16.6 Å². The van der Waals surface area contributed by atoms with E-state index in [-0.39, 0.29) is 11.4 Å². The average molecular weight is 532 g/mol. The minimum Gasteiger partial charge on any atom is -0.343 e. The SMILES string of the molecule is C/C=C(C)\C(=C/CC)c1ccc(Cn2c(C)nc3ccc(C(=O)NC4(c5cccc(C(C)C)c5)CC4)cc32)cc1. The summed E-state index contributed by atoms with van der Waals surface area (Å²) >= 11 is 0. The van der Waals surface area contributed by atoms with Crippen molar-refractivity contribution < 1.29 is 4.79 Å². The van der Waals surface area contributed by atoms with Crippen molar-refractivity contribution in [3.05, 3.63) is 118 Å². The highest BCUT2D eigenvalue weighted by Crippen LogP contribution is 2.46. The largest absolute Gasteiger partial charge is 0.343 e. The fraction of sp³-hybridized carbons (Fsp3) is 0.333. The number of carbonyl (C=O) groups excluding carboxylic acids is 1. The molecule has 1 saturated carbocycles. The van der Waals surface area contributed by atoms with Gasteiger partial charge in [-0.15, -0.1) is 0 Å². The first-order valence-corrected chi connectivity index (χ1v) is 14.6. The van der Waals surface area contributed by atoms with Gasteiger partial charge in [0.15, 0.2) is 0 Å². The van der Waals surface area contributed by atoms with Crippen LogP contribution in [0.2, 0.25) is 0 Å². The molecule has 0 atom stereocenters. The zero-order valence-electron chi connectivity index (χ0n) is 24.7. The molecule has 4 aromatic rings. The second-order valence-corrected chi connectivity index (χ2v) is 11.5. The number of nitrogens with zero attached hydrogens (tertiary/aromatic N) is 2. The van der Waals surface area contributed by atoms with E-state index in [4.69, 9.17) is 4.98 Å². The summed E-state index contributed by atoms with van der Waals surface area (Å²) in [6, 6.07) is 23.4. The van der Waals surface area contributed by atoms with E-state index < -0.39 is 0 Å². The highest BCUT2D eigenvalue weighted by molar-refractivity contribution is 5.98. The Morgan fingerprint density at radius 3 is 2.42 bits per heavy atom. The predicted octanol–water partition coefficient (Wildman–Crippen LogP) is 8.70. The summed E-state index contributed by atoms with van der Waals surface area (Å²) in [5, 5.41) is 3.37. The second-order valence-electron chi connectivity index (χ2n) is 11.5. The van der Waals surface area contributed by atoms with Gasteiger partial charge in [0, 0.05) is 12.1 Å². The maximum Gasteiger partial charge on any atom is 0.252 e. The van der Waals surface area contributed by atoms with E-state index in [1.165, 1.54) is 33.4 Å². The smallest absolute Gasteiger partial charge is 0.252 e. The molecule has 4 heteroatoms. The zero-order chi connectivity index (χ0) is 28.4. The number of fused-ring (bicyclic) bond motifs is 1. The summed E-state index contributed by atoms with van der Waals surface area (Å²) in [6.07, 6.45) is 7.40. The fourth-order valence-corrected chi connectivity index (χ4v) is 5.52. The van der Waals surface area contributed by atoms with Crippen LogP contribution in [0.1, 0.15) is 98.2 Å². The molecule has 5 rings (SSSR count). The van der Waals surface area contributed by atoms with Gasteiger partial charge >= 0.3 is 0 Å². The molecule has 0 bridgehead atoms.